The van der Waals surface area contributed by atoms with Crippen molar-refractivity contribution in [3.63, 3.8) is 0 Å². The van der Waals surface area contributed by atoms with Crippen molar-refractivity contribution < 1.29 is 9.84 Å². The number of aromatic nitrogens is 4. The van der Waals surface area contributed by atoms with Crippen LogP contribution in [0.4, 0.5) is 0 Å². The molecule has 6 nitrogen and oxygen atoms in total. The van der Waals surface area contributed by atoms with Gasteiger partial charge < -0.3 is 9.84 Å². The number of allylic oxidation sites excluding steroid dienone is 1. The van der Waals surface area contributed by atoms with Gasteiger partial charge in [-0.3, -0.25) is 9.55 Å². The van der Waals surface area contributed by atoms with Gasteiger partial charge in [0.15, 0.2) is 11.0 Å². The minimum absolute atomic E-state index is 0.289. The van der Waals surface area contributed by atoms with Gasteiger partial charge in [-0.1, -0.05) is 23.9 Å². The molecule has 0 saturated carbocycles. The van der Waals surface area contributed by atoms with E-state index in [4.69, 9.17) is 4.74 Å². The lowest BCUT2D eigenvalue weighted by molar-refractivity contribution is 0.0408. The molecule has 1 N–H and O–H groups in total. The molecule has 0 aliphatic rings. The van der Waals surface area contributed by atoms with E-state index >= 15 is 0 Å². The number of thioether (sulfide) groups is 1. The highest BCUT2D eigenvalue weighted by molar-refractivity contribution is 7.99. The van der Waals surface area contributed by atoms with Gasteiger partial charge in [0.2, 0.25) is 0 Å². The number of thiophene rings is 1. The molecular weight excluding hydrogens is 368 g/mol. The lowest BCUT2D eigenvalue weighted by atomic mass is 10.2. The zero-order chi connectivity index (χ0) is 18.2. The Morgan fingerprint density at radius 1 is 1.31 bits per heavy atom. The summed E-state index contributed by atoms with van der Waals surface area (Å²) in [5.74, 6) is 1.24. The lowest BCUT2D eigenvalue weighted by Crippen LogP contribution is -2.18. The summed E-state index contributed by atoms with van der Waals surface area (Å²) in [7, 11) is 0. The summed E-state index contributed by atoms with van der Waals surface area (Å²) in [5.41, 5.74) is 0.945. The van der Waals surface area contributed by atoms with E-state index in [2.05, 4.69) is 21.8 Å². The van der Waals surface area contributed by atoms with E-state index in [0.717, 1.165) is 21.4 Å². The van der Waals surface area contributed by atoms with Crippen LogP contribution in [0, 0.1) is 0 Å². The highest BCUT2D eigenvalue weighted by Gasteiger charge is 2.15. The van der Waals surface area contributed by atoms with Crippen LogP contribution in [0.3, 0.4) is 0 Å². The van der Waals surface area contributed by atoms with Crippen molar-refractivity contribution in [2.75, 3.05) is 12.4 Å². The fourth-order valence-corrected chi connectivity index (χ4v) is 3.81. The second kappa shape index (κ2) is 9.63. The lowest BCUT2D eigenvalue weighted by Gasteiger charge is -2.11. The van der Waals surface area contributed by atoms with Crippen LogP contribution in [0.25, 0.3) is 11.4 Å². The smallest absolute Gasteiger partial charge is 0.191 e. The fourth-order valence-electron chi connectivity index (χ4n) is 2.31. The summed E-state index contributed by atoms with van der Waals surface area (Å²) in [6, 6.07) is 7.79. The SMILES string of the molecule is C=CCn1c(SC[C@H](O)COCc2cccs2)nnc1-c1ccncc1. The van der Waals surface area contributed by atoms with Crippen LogP contribution in [-0.2, 0) is 17.9 Å². The molecule has 3 rings (SSSR count). The Kier molecular flexibility index (Phi) is 6.96. The normalized spacial score (nSPS) is 12.2. The van der Waals surface area contributed by atoms with E-state index in [1.165, 1.54) is 11.8 Å². The molecule has 3 heterocycles. The van der Waals surface area contributed by atoms with Gasteiger partial charge >= 0.3 is 0 Å². The average Bonchev–Trinajstić information content (AvgIpc) is 3.31. The van der Waals surface area contributed by atoms with E-state index in [-0.39, 0.29) is 6.61 Å². The summed E-state index contributed by atoms with van der Waals surface area (Å²) in [6.45, 7) is 5.22. The minimum atomic E-state index is -0.571. The summed E-state index contributed by atoms with van der Waals surface area (Å²) in [5, 5.41) is 21.5. The number of hydrogen-bond acceptors (Lipinski definition) is 7. The van der Waals surface area contributed by atoms with E-state index in [0.29, 0.717) is 18.9 Å². The van der Waals surface area contributed by atoms with E-state index in [9.17, 15) is 5.11 Å². The Labute approximate surface area is 160 Å². The van der Waals surface area contributed by atoms with Gasteiger partial charge in [-0.2, -0.15) is 0 Å². The summed E-state index contributed by atoms with van der Waals surface area (Å²) < 4.78 is 7.54. The molecule has 3 aromatic rings. The Morgan fingerprint density at radius 2 is 2.15 bits per heavy atom. The molecule has 8 heteroatoms. The van der Waals surface area contributed by atoms with Crippen LogP contribution in [0.5, 0.6) is 0 Å². The fraction of sp³-hybridized carbons (Fsp3) is 0.278. The molecule has 0 unspecified atom stereocenters. The van der Waals surface area contributed by atoms with Crippen LogP contribution >= 0.6 is 23.1 Å². The van der Waals surface area contributed by atoms with Crippen molar-refractivity contribution in [3.8, 4) is 11.4 Å². The second-order valence-electron chi connectivity index (χ2n) is 5.50. The number of nitrogens with zero attached hydrogens (tertiary/aromatic N) is 4. The van der Waals surface area contributed by atoms with Crippen LogP contribution in [-0.4, -0.2) is 43.3 Å². The van der Waals surface area contributed by atoms with E-state index < -0.39 is 6.10 Å². The van der Waals surface area contributed by atoms with Gasteiger partial charge in [0.1, 0.15) is 0 Å². The van der Waals surface area contributed by atoms with Gasteiger partial charge in [0, 0.05) is 35.1 Å². The molecule has 0 aliphatic carbocycles. The first-order valence-electron chi connectivity index (χ1n) is 8.13. The zero-order valence-corrected chi connectivity index (χ0v) is 15.8. The number of hydrogen-bond donors (Lipinski definition) is 1. The Morgan fingerprint density at radius 3 is 2.88 bits per heavy atom. The predicted octanol–water partition coefficient (Wildman–Crippen LogP) is 3.26. The third kappa shape index (κ3) is 5.01. The molecule has 3 aromatic heterocycles. The van der Waals surface area contributed by atoms with Crippen LogP contribution in [0.15, 0.2) is 59.9 Å². The molecule has 1 atom stereocenters. The molecule has 0 fully saturated rings. The highest BCUT2D eigenvalue weighted by atomic mass is 32.2. The number of pyridine rings is 1. The Bertz CT molecular complexity index is 806. The van der Waals surface area contributed by atoms with Gasteiger partial charge in [0.25, 0.3) is 0 Å². The molecule has 0 aromatic carbocycles. The number of aliphatic hydroxyl groups excluding tert-OH is 1. The first kappa shape index (κ1) is 18.8. The van der Waals surface area contributed by atoms with Crippen molar-refractivity contribution in [2.24, 2.45) is 0 Å². The first-order chi connectivity index (χ1) is 12.8. The van der Waals surface area contributed by atoms with E-state index in [1.54, 1.807) is 29.8 Å². The third-order valence-corrected chi connectivity index (χ3v) is 5.47. The van der Waals surface area contributed by atoms with Gasteiger partial charge in [-0.05, 0) is 23.6 Å². The summed E-state index contributed by atoms with van der Waals surface area (Å²) in [4.78, 5) is 5.18. The molecule has 0 bridgehead atoms. The highest BCUT2D eigenvalue weighted by Crippen LogP contribution is 2.24. The van der Waals surface area contributed by atoms with Crippen molar-refractivity contribution in [1.29, 1.82) is 0 Å². The Hall–Kier alpha value is -2.00. The van der Waals surface area contributed by atoms with Crippen LogP contribution < -0.4 is 0 Å². The molecule has 0 amide bonds. The number of ether oxygens (including phenoxy) is 1. The molecule has 0 radical (unpaired) electrons. The van der Waals surface area contributed by atoms with Gasteiger partial charge in [-0.25, -0.2) is 0 Å². The van der Waals surface area contributed by atoms with Crippen LogP contribution in [0.2, 0.25) is 0 Å². The number of aliphatic hydroxyl groups is 1. The first-order valence-corrected chi connectivity index (χ1v) is 10.00. The second-order valence-corrected chi connectivity index (χ2v) is 7.52. The minimum Gasteiger partial charge on any atom is -0.390 e. The number of rotatable bonds is 10. The maximum atomic E-state index is 10.2. The van der Waals surface area contributed by atoms with Crippen molar-refractivity contribution in [2.45, 2.75) is 24.4 Å². The third-order valence-electron chi connectivity index (χ3n) is 3.51. The van der Waals surface area contributed by atoms with Crippen LogP contribution in [0.1, 0.15) is 4.88 Å². The Balaban J connectivity index is 1.57. The maximum absolute atomic E-state index is 10.2. The monoisotopic (exact) mass is 388 g/mol. The van der Waals surface area contributed by atoms with Gasteiger partial charge in [-0.15, -0.1) is 28.1 Å². The van der Waals surface area contributed by atoms with E-state index in [1.807, 2.05) is 34.2 Å². The maximum Gasteiger partial charge on any atom is 0.191 e. The van der Waals surface area contributed by atoms with Crippen molar-refractivity contribution in [3.05, 3.63) is 59.6 Å². The largest absolute Gasteiger partial charge is 0.390 e. The average molecular weight is 389 g/mol. The molecule has 0 spiro atoms. The molecule has 0 saturated heterocycles. The van der Waals surface area contributed by atoms with Gasteiger partial charge in [0.05, 0.1) is 19.3 Å². The molecule has 26 heavy (non-hydrogen) atoms. The standard InChI is InChI=1S/C18H20N4O2S2/c1-2-9-22-17(14-5-7-19-8-6-14)20-21-18(22)26-13-15(23)11-24-12-16-4-3-10-25-16/h2-8,10,15,23H,1,9,11-13H2/t15-/m1/s1. The zero-order valence-electron chi connectivity index (χ0n) is 14.2. The molecule has 0 aliphatic heterocycles. The molecule has 136 valence electrons. The summed E-state index contributed by atoms with van der Waals surface area (Å²) >= 11 is 3.10. The van der Waals surface area contributed by atoms with Crippen molar-refractivity contribution >= 4 is 23.1 Å². The topological polar surface area (TPSA) is 73.1 Å². The quantitative estimate of drug-likeness (QED) is 0.425. The van der Waals surface area contributed by atoms with Crippen molar-refractivity contribution in [1.82, 2.24) is 19.7 Å². The summed E-state index contributed by atoms with van der Waals surface area (Å²) in [6.07, 6.45) is 4.69. The predicted molar refractivity (Wildman–Crippen MR) is 104 cm³/mol. The molecular formula is C18H20N4O2S2.